The third-order valence-corrected chi connectivity index (χ3v) is 2.53. The fourth-order valence-corrected chi connectivity index (χ4v) is 1.65. The van der Waals surface area contributed by atoms with Crippen molar-refractivity contribution < 1.29 is 9.53 Å². The first-order chi connectivity index (χ1) is 5.65. The molecule has 1 rings (SSSR count). The van der Waals surface area contributed by atoms with Crippen LogP contribution < -0.4 is 0 Å². The van der Waals surface area contributed by atoms with Crippen LogP contribution >= 0.6 is 11.3 Å². The first-order valence-corrected chi connectivity index (χ1v) is 4.31. The second-order valence-electron chi connectivity index (χ2n) is 2.38. The van der Waals surface area contributed by atoms with E-state index in [-0.39, 0.29) is 5.97 Å². The van der Waals surface area contributed by atoms with Crippen molar-refractivity contribution in [3.8, 4) is 0 Å². The molecular weight excluding hydrogens is 172 g/mol. The van der Waals surface area contributed by atoms with Gasteiger partial charge in [-0.05, 0) is 19.1 Å². The van der Waals surface area contributed by atoms with Gasteiger partial charge in [0, 0.05) is 9.75 Å². The standard InChI is InChI=1S/C9H10O2S/c1-6-4-5-8(12-6)7(2)9(10)11-3/h4-5H,2H2,1,3H3. The van der Waals surface area contributed by atoms with Crippen LogP contribution in [0, 0.1) is 6.92 Å². The van der Waals surface area contributed by atoms with Gasteiger partial charge < -0.3 is 4.74 Å². The monoisotopic (exact) mass is 182 g/mol. The number of hydrogen-bond acceptors (Lipinski definition) is 3. The lowest BCUT2D eigenvalue weighted by Gasteiger charge is -1.98. The lowest BCUT2D eigenvalue weighted by Crippen LogP contribution is -2.00. The number of aryl methyl sites for hydroxylation is 1. The Morgan fingerprint density at radius 3 is 2.67 bits per heavy atom. The van der Waals surface area contributed by atoms with Gasteiger partial charge >= 0.3 is 5.97 Å². The Labute approximate surface area is 75.5 Å². The molecule has 0 fully saturated rings. The van der Waals surface area contributed by atoms with Crippen LogP contribution in [0.4, 0.5) is 0 Å². The van der Waals surface area contributed by atoms with Gasteiger partial charge in [0.2, 0.25) is 0 Å². The number of thiophene rings is 1. The normalized spacial score (nSPS) is 9.50. The maximum Gasteiger partial charge on any atom is 0.338 e. The van der Waals surface area contributed by atoms with E-state index in [0.717, 1.165) is 9.75 Å². The Hall–Kier alpha value is -1.09. The second kappa shape index (κ2) is 3.54. The van der Waals surface area contributed by atoms with Crippen molar-refractivity contribution >= 4 is 22.9 Å². The van der Waals surface area contributed by atoms with E-state index >= 15 is 0 Å². The zero-order valence-corrected chi connectivity index (χ0v) is 7.90. The van der Waals surface area contributed by atoms with Crippen molar-refractivity contribution in [1.29, 1.82) is 0 Å². The largest absolute Gasteiger partial charge is 0.465 e. The molecule has 3 heteroatoms. The number of esters is 1. The summed E-state index contributed by atoms with van der Waals surface area (Å²) in [6.45, 7) is 5.63. The molecule has 2 nitrogen and oxygen atoms in total. The van der Waals surface area contributed by atoms with Gasteiger partial charge in [0.05, 0.1) is 12.7 Å². The predicted molar refractivity (Wildman–Crippen MR) is 50.1 cm³/mol. The maximum atomic E-state index is 11.0. The van der Waals surface area contributed by atoms with Crippen molar-refractivity contribution in [3.05, 3.63) is 28.5 Å². The minimum atomic E-state index is -0.364. The van der Waals surface area contributed by atoms with Crippen LogP contribution in [-0.2, 0) is 9.53 Å². The molecule has 0 aliphatic rings. The molecule has 1 aromatic heterocycles. The van der Waals surface area contributed by atoms with Crippen LogP contribution in [0.25, 0.3) is 5.57 Å². The van der Waals surface area contributed by atoms with Crippen LogP contribution in [0.3, 0.4) is 0 Å². The molecule has 0 aliphatic heterocycles. The van der Waals surface area contributed by atoms with Gasteiger partial charge in [-0.25, -0.2) is 4.79 Å². The van der Waals surface area contributed by atoms with E-state index in [4.69, 9.17) is 0 Å². The third kappa shape index (κ3) is 1.74. The fraction of sp³-hybridized carbons (Fsp3) is 0.222. The lowest BCUT2D eigenvalue weighted by molar-refractivity contribution is -0.133. The summed E-state index contributed by atoms with van der Waals surface area (Å²) in [5.41, 5.74) is 0.426. The lowest BCUT2D eigenvalue weighted by atomic mass is 10.2. The summed E-state index contributed by atoms with van der Waals surface area (Å²) >= 11 is 1.54. The summed E-state index contributed by atoms with van der Waals surface area (Å²) in [6, 6.07) is 3.83. The number of carbonyl (C=O) groups is 1. The van der Waals surface area contributed by atoms with E-state index < -0.39 is 0 Å². The minimum Gasteiger partial charge on any atom is -0.465 e. The highest BCUT2D eigenvalue weighted by Gasteiger charge is 2.10. The molecule has 0 spiro atoms. The van der Waals surface area contributed by atoms with Gasteiger partial charge in [0.25, 0.3) is 0 Å². The van der Waals surface area contributed by atoms with E-state index in [9.17, 15) is 4.79 Å². The Morgan fingerprint density at radius 1 is 1.58 bits per heavy atom. The molecule has 0 radical (unpaired) electrons. The Morgan fingerprint density at radius 2 is 2.25 bits per heavy atom. The average Bonchev–Trinajstić information content (AvgIpc) is 2.49. The fourth-order valence-electron chi connectivity index (χ4n) is 0.821. The number of hydrogen-bond donors (Lipinski definition) is 0. The molecule has 64 valence electrons. The molecule has 0 saturated carbocycles. The Kier molecular flexibility index (Phi) is 2.65. The van der Waals surface area contributed by atoms with Gasteiger partial charge in [0.15, 0.2) is 0 Å². The maximum absolute atomic E-state index is 11.0. The summed E-state index contributed by atoms with van der Waals surface area (Å²) in [5.74, 6) is -0.364. The molecule has 0 aromatic carbocycles. The first kappa shape index (κ1) is 9.00. The molecule has 0 atom stereocenters. The van der Waals surface area contributed by atoms with Gasteiger partial charge in [-0.1, -0.05) is 6.58 Å². The molecule has 0 aliphatic carbocycles. The molecule has 0 saturated heterocycles. The highest BCUT2D eigenvalue weighted by molar-refractivity contribution is 7.13. The van der Waals surface area contributed by atoms with E-state index in [1.165, 1.54) is 18.4 Å². The minimum absolute atomic E-state index is 0.364. The molecule has 0 unspecified atom stereocenters. The van der Waals surface area contributed by atoms with Crippen LogP contribution in [0.5, 0.6) is 0 Å². The van der Waals surface area contributed by atoms with E-state index in [1.54, 1.807) is 0 Å². The van der Waals surface area contributed by atoms with Crippen molar-refractivity contribution in [2.45, 2.75) is 6.92 Å². The highest BCUT2D eigenvalue weighted by Crippen LogP contribution is 2.22. The van der Waals surface area contributed by atoms with Crippen LogP contribution in [0.2, 0.25) is 0 Å². The molecule has 0 amide bonds. The average molecular weight is 182 g/mol. The quantitative estimate of drug-likeness (QED) is 0.518. The van der Waals surface area contributed by atoms with Gasteiger partial charge in [-0.2, -0.15) is 0 Å². The number of ether oxygens (including phenoxy) is 1. The van der Waals surface area contributed by atoms with Crippen molar-refractivity contribution in [1.82, 2.24) is 0 Å². The number of carbonyl (C=O) groups excluding carboxylic acids is 1. The van der Waals surface area contributed by atoms with Crippen molar-refractivity contribution in [3.63, 3.8) is 0 Å². The van der Waals surface area contributed by atoms with Crippen molar-refractivity contribution in [2.75, 3.05) is 7.11 Å². The van der Waals surface area contributed by atoms with Gasteiger partial charge in [0.1, 0.15) is 0 Å². The van der Waals surface area contributed by atoms with E-state index in [0.29, 0.717) is 5.57 Å². The Bertz CT molecular complexity index is 312. The molecule has 1 aromatic rings. The van der Waals surface area contributed by atoms with E-state index in [1.807, 2.05) is 19.1 Å². The summed E-state index contributed by atoms with van der Waals surface area (Å²) in [6.07, 6.45) is 0. The Balaban J connectivity index is 2.85. The molecular formula is C9H10O2S. The summed E-state index contributed by atoms with van der Waals surface area (Å²) in [4.78, 5) is 13.0. The van der Waals surface area contributed by atoms with Crippen LogP contribution in [-0.4, -0.2) is 13.1 Å². The topological polar surface area (TPSA) is 26.3 Å². The van der Waals surface area contributed by atoms with Crippen molar-refractivity contribution in [2.24, 2.45) is 0 Å². The zero-order valence-electron chi connectivity index (χ0n) is 7.09. The van der Waals surface area contributed by atoms with Crippen LogP contribution in [0.15, 0.2) is 18.7 Å². The van der Waals surface area contributed by atoms with Crippen LogP contribution in [0.1, 0.15) is 9.75 Å². The number of rotatable bonds is 2. The zero-order chi connectivity index (χ0) is 9.14. The summed E-state index contributed by atoms with van der Waals surface area (Å²) < 4.78 is 4.54. The first-order valence-electron chi connectivity index (χ1n) is 3.49. The SMILES string of the molecule is C=C(C(=O)OC)c1ccc(C)s1. The number of methoxy groups -OCH3 is 1. The smallest absolute Gasteiger partial charge is 0.338 e. The summed E-state index contributed by atoms with van der Waals surface area (Å²) in [7, 11) is 1.36. The van der Waals surface area contributed by atoms with Gasteiger partial charge in [-0.15, -0.1) is 11.3 Å². The van der Waals surface area contributed by atoms with E-state index in [2.05, 4.69) is 11.3 Å². The predicted octanol–water partition coefficient (Wildman–Crippen LogP) is 2.24. The molecule has 0 bridgehead atoms. The molecule has 0 N–H and O–H groups in total. The third-order valence-electron chi connectivity index (χ3n) is 1.47. The second-order valence-corrected chi connectivity index (χ2v) is 3.67. The molecule has 12 heavy (non-hydrogen) atoms. The van der Waals surface area contributed by atoms with Gasteiger partial charge in [-0.3, -0.25) is 0 Å². The molecule has 1 heterocycles. The highest BCUT2D eigenvalue weighted by atomic mass is 32.1. The summed E-state index contributed by atoms with van der Waals surface area (Å²) in [5, 5.41) is 0.